The summed E-state index contributed by atoms with van der Waals surface area (Å²) in [6.45, 7) is -0.212. The zero-order valence-corrected chi connectivity index (χ0v) is 18.9. The van der Waals surface area contributed by atoms with Crippen molar-refractivity contribution < 1.29 is 24.0 Å². The van der Waals surface area contributed by atoms with Crippen LogP contribution in [-0.2, 0) is 11.3 Å². The van der Waals surface area contributed by atoms with Crippen LogP contribution in [0.15, 0.2) is 77.7 Å². The van der Waals surface area contributed by atoms with Gasteiger partial charge >= 0.3 is 5.97 Å². The van der Waals surface area contributed by atoms with Crippen molar-refractivity contribution in [3.05, 3.63) is 110 Å². The molecular formula is C24H15ClN2O6S. The Morgan fingerprint density at radius 2 is 1.82 bits per heavy atom. The van der Waals surface area contributed by atoms with Gasteiger partial charge in [0, 0.05) is 16.7 Å². The Kier molecular flexibility index (Phi) is 6.76. The standard InChI is InChI=1S/C24H15ClN2O6S/c25-18-8-4-7-16(13-18)23(29)33-19-9-3-5-15(11-19)12-21-22(28)26(24(30)34-21)14-17-6-1-2-10-20(17)27(31)32/h1-13H,14H2/b21-12-. The highest BCUT2D eigenvalue weighted by Gasteiger charge is 2.36. The lowest BCUT2D eigenvalue weighted by atomic mass is 10.1. The molecule has 2 amide bonds. The van der Waals surface area contributed by atoms with E-state index in [1.165, 1.54) is 30.3 Å². The molecule has 34 heavy (non-hydrogen) atoms. The van der Waals surface area contributed by atoms with Crippen molar-refractivity contribution in [1.82, 2.24) is 4.90 Å². The Bertz CT molecular complexity index is 1360. The Labute approximate surface area is 202 Å². The van der Waals surface area contributed by atoms with Crippen LogP contribution in [0, 0.1) is 10.1 Å². The fraction of sp³-hybridized carbons (Fsp3) is 0.0417. The number of para-hydroxylation sites is 1. The number of halogens is 1. The molecule has 170 valence electrons. The molecule has 1 aliphatic rings. The molecule has 0 radical (unpaired) electrons. The van der Waals surface area contributed by atoms with Crippen molar-refractivity contribution in [2.45, 2.75) is 6.54 Å². The maximum Gasteiger partial charge on any atom is 0.343 e. The van der Waals surface area contributed by atoms with Crippen molar-refractivity contribution >= 4 is 52.2 Å². The number of carbonyl (C=O) groups excluding carboxylic acids is 3. The summed E-state index contributed by atoms with van der Waals surface area (Å²) in [4.78, 5) is 49.4. The molecule has 0 aromatic heterocycles. The van der Waals surface area contributed by atoms with Gasteiger partial charge < -0.3 is 4.74 Å². The van der Waals surface area contributed by atoms with Gasteiger partial charge in [-0.1, -0.05) is 48.0 Å². The Morgan fingerprint density at radius 1 is 1.06 bits per heavy atom. The number of ether oxygens (including phenoxy) is 1. The van der Waals surface area contributed by atoms with Crippen molar-refractivity contribution in [3.63, 3.8) is 0 Å². The van der Waals surface area contributed by atoms with Crippen molar-refractivity contribution in [3.8, 4) is 5.75 Å². The number of thioether (sulfide) groups is 1. The highest BCUT2D eigenvalue weighted by atomic mass is 35.5. The van der Waals surface area contributed by atoms with Gasteiger partial charge in [-0.25, -0.2) is 4.79 Å². The monoisotopic (exact) mass is 494 g/mol. The van der Waals surface area contributed by atoms with E-state index in [1.807, 2.05) is 0 Å². The summed E-state index contributed by atoms with van der Waals surface area (Å²) in [5.74, 6) is -0.906. The van der Waals surface area contributed by atoms with Gasteiger partial charge in [-0.3, -0.25) is 24.6 Å². The number of nitrogens with zero attached hydrogens (tertiary/aromatic N) is 2. The number of hydrogen-bond acceptors (Lipinski definition) is 7. The summed E-state index contributed by atoms with van der Waals surface area (Å²) in [5, 5.41) is 11.1. The first kappa shape index (κ1) is 23.2. The van der Waals surface area contributed by atoms with E-state index in [0.29, 0.717) is 10.6 Å². The second-order valence-corrected chi connectivity index (χ2v) is 8.56. The number of rotatable bonds is 6. The summed E-state index contributed by atoms with van der Waals surface area (Å²) < 4.78 is 5.38. The smallest absolute Gasteiger partial charge is 0.343 e. The SMILES string of the molecule is O=C(Oc1cccc(/C=C2\SC(=O)N(Cc3ccccc3[N+](=O)[O-])C2=O)c1)c1cccc(Cl)c1. The topological polar surface area (TPSA) is 107 Å². The fourth-order valence-corrected chi connectivity index (χ4v) is 4.26. The number of amides is 2. The molecule has 0 spiro atoms. The Hall–Kier alpha value is -3.95. The summed E-state index contributed by atoms with van der Waals surface area (Å²) in [7, 11) is 0. The first-order valence-corrected chi connectivity index (χ1v) is 11.1. The van der Waals surface area contributed by atoms with E-state index in [-0.39, 0.29) is 34.0 Å². The zero-order valence-electron chi connectivity index (χ0n) is 17.3. The molecule has 10 heteroatoms. The van der Waals surface area contributed by atoms with Gasteiger partial charge in [-0.2, -0.15) is 0 Å². The molecule has 3 aromatic carbocycles. The van der Waals surface area contributed by atoms with Crippen molar-refractivity contribution in [1.29, 1.82) is 0 Å². The van der Waals surface area contributed by atoms with Gasteiger partial charge in [-0.15, -0.1) is 0 Å². The molecular weight excluding hydrogens is 480 g/mol. The highest BCUT2D eigenvalue weighted by molar-refractivity contribution is 8.18. The summed E-state index contributed by atoms with van der Waals surface area (Å²) >= 11 is 6.64. The number of benzene rings is 3. The zero-order chi connectivity index (χ0) is 24.2. The van der Waals surface area contributed by atoms with Gasteiger partial charge in [0.15, 0.2) is 0 Å². The van der Waals surface area contributed by atoms with Crippen LogP contribution in [0.3, 0.4) is 0 Å². The lowest BCUT2D eigenvalue weighted by Gasteiger charge is -2.12. The highest BCUT2D eigenvalue weighted by Crippen LogP contribution is 2.34. The van der Waals surface area contributed by atoms with Crippen LogP contribution >= 0.6 is 23.4 Å². The molecule has 0 atom stereocenters. The minimum absolute atomic E-state index is 0.155. The van der Waals surface area contributed by atoms with E-state index in [4.69, 9.17) is 16.3 Å². The third-order valence-electron chi connectivity index (χ3n) is 4.82. The number of hydrogen-bond donors (Lipinski definition) is 0. The van der Waals surface area contributed by atoms with Crippen molar-refractivity contribution in [2.24, 2.45) is 0 Å². The Balaban J connectivity index is 1.51. The molecule has 0 saturated carbocycles. The largest absolute Gasteiger partial charge is 0.423 e. The van der Waals surface area contributed by atoms with Gasteiger partial charge in [0.25, 0.3) is 16.8 Å². The van der Waals surface area contributed by atoms with Crippen LogP contribution in [0.1, 0.15) is 21.5 Å². The fourth-order valence-electron chi connectivity index (χ4n) is 3.23. The first-order chi connectivity index (χ1) is 16.3. The van der Waals surface area contributed by atoms with Crippen LogP contribution in [0.2, 0.25) is 5.02 Å². The lowest BCUT2D eigenvalue weighted by Crippen LogP contribution is -2.27. The second kappa shape index (κ2) is 9.90. The quantitative estimate of drug-likeness (QED) is 0.142. The average molecular weight is 495 g/mol. The summed E-state index contributed by atoms with van der Waals surface area (Å²) in [6.07, 6.45) is 1.50. The van der Waals surface area contributed by atoms with E-state index in [2.05, 4.69) is 0 Å². The van der Waals surface area contributed by atoms with Gasteiger partial charge in [0.1, 0.15) is 5.75 Å². The number of esters is 1. The predicted octanol–water partition coefficient (Wildman–Crippen LogP) is 5.70. The van der Waals surface area contributed by atoms with Crippen LogP contribution < -0.4 is 4.74 Å². The molecule has 1 heterocycles. The summed E-state index contributed by atoms with van der Waals surface area (Å²) in [5.41, 5.74) is 0.910. The minimum atomic E-state index is -0.593. The van der Waals surface area contributed by atoms with E-state index in [9.17, 15) is 24.5 Å². The molecule has 4 rings (SSSR count). The van der Waals surface area contributed by atoms with Gasteiger partial charge in [0.2, 0.25) is 0 Å². The molecule has 0 bridgehead atoms. The maximum absolute atomic E-state index is 12.8. The normalized spacial score (nSPS) is 14.5. The average Bonchev–Trinajstić information content (AvgIpc) is 3.07. The summed E-state index contributed by atoms with van der Waals surface area (Å²) in [6, 6.07) is 18.7. The first-order valence-electron chi connectivity index (χ1n) is 9.87. The van der Waals surface area contributed by atoms with Crippen LogP contribution in [0.25, 0.3) is 6.08 Å². The molecule has 3 aromatic rings. The molecule has 1 saturated heterocycles. The molecule has 8 nitrogen and oxygen atoms in total. The Morgan fingerprint density at radius 3 is 2.59 bits per heavy atom. The second-order valence-electron chi connectivity index (χ2n) is 7.13. The van der Waals surface area contributed by atoms with E-state index >= 15 is 0 Å². The van der Waals surface area contributed by atoms with E-state index < -0.39 is 22.0 Å². The molecule has 1 aliphatic heterocycles. The maximum atomic E-state index is 12.8. The van der Waals surface area contributed by atoms with Crippen molar-refractivity contribution in [2.75, 3.05) is 0 Å². The van der Waals surface area contributed by atoms with E-state index in [0.717, 1.165) is 16.7 Å². The van der Waals surface area contributed by atoms with Gasteiger partial charge in [0.05, 0.1) is 21.9 Å². The number of nitro groups is 1. The van der Waals surface area contributed by atoms with E-state index in [1.54, 1.807) is 48.5 Å². The van der Waals surface area contributed by atoms with Gasteiger partial charge in [-0.05, 0) is 53.7 Å². The third-order valence-corrected chi connectivity index (χ3v) is 5.96. The van der Waals surface area contributed by atoms with Crippen LogP contribution in [0.4, 0.5) is 10.5 Å². The number of nitro benzene ring substituents is 1. The minimum Gasteiger partial charge on any atom is -0.423 e. The predicted molar refractivity (Wildman–Crippen MR) is 127 cm³/mol. The lowest BCUT2D eigenvalue weighted by molar-refractivity contribution is -0.385. The molecule has 0 N–H and O–H groups in total. The number of imide groups is 1. The van der Waals surface area contributed by atoms with Crippen LogP contribution in [0.5, 0.6) is 5.75 Å². The third kappa shape index (κ3) is 5.16. The molecule has 0 aliphatic carbocycles. The molecule has 1 fully saturated rings. The molecule has 0 unspecified atom stereocenters. The van der Waals surface area contributed by atoms with Crippen LogP contribution in [-0.4, -0.2) is 26.9 Å². The number of carbonyl (C=O) groups is 3.